The highest BCUT2D eigenvalue weighted by Gasteiger charge is 2.07. The fourth-order valence-electron chi connectivity index (χ4n) is 1.14. The van der Waals surface area contributed by atoms with Gasteiger partial charge >= 0.3 is 0 Å². The van der Waals surface area contributed by atoms with Gasteiger partial charge in [-0.25, -0.2) is 0 Å². The quantitative estimate of drug-likeness (QED) is 0.744. The van der Waals surface area contributed by atoms with Crippen LogP contribution >= 0.6 is 11.6 Å². The second-order valence-corrected chi connectivity index (χ2v) is 3.35. The maximum Gasteiger partial charge on any atom is 0.174 e. The average molecular weight is 246 g/mol. The van der Waals surface area contributed by atoms with Gasteiger partial charge in [0.25, 0.3) is 0 Å². The Morgan fingerprint density at radius 2 is 1.94 bits per heavy atom. The first kappa shape index (κ1) is 13.2. The monoisotopic (exact) mass is 245 g/mol. The Bertz CT molecular complexity index is 289. The number of anilines is 1. The molecule has 90 valence electrons. The van der Waals surface area contributed by atoms with Crippen LogP contribution in [0.4, 0.5) is 5.82 Å². The van der Waals surface area contributed by atoms with Crippen molar-refractivity contribution in [2.75, 3.05) is 25.1 Å². The van der Waals surface area contributed by atoms with Crippen molar-refractivity contribution >= 4 is 17.4 Å². The third-order valence-electron chi connectivity index (χ3n) is 1.79. The zero-order chi connectivity index (χ0) is 11.8. The van der Waals surface area contributed by atoms with Crippen LogP contribution in [0, 0.1) is 0 Å². The molecule has 1 rings (SSSR count). The Morgan fingerprint density at radius 1 is 1.25 bits per heavy atom. The summed E-state index contributed by atoms with van der Waals surface area (Å²) < 4.78 is 10.7. The van der Waals surface area contributed by atoms with Gasteiger partial charge in [-0.2, -0.15) is 0 Å². The largest absolute Gasteiger partial charge is 0.363 e. The van der Waals surface area contributed by atoms with Crippen LogP contribution in [-0.2, 0) is 9.47 Å². The van der Waals surface area contributed by atoms with Crippen LogP contribution in [0.3, 0.4) is 0 Å². The molecular formula is C10H16ClN3O2. The van der Waals surface area contributed by atoms with Crippen LogP contribution in [0.25, 0.3) is 0 Å². The van der Waals surface area contributed by atoms with E-state index < -0.39 is 0 Å². The maximum atomic E-state index is 5.62. The van der Waals surface area contributed by atoms with E-state index in [9.17, 15) is 0 Å². The molecule has 0 unspecified atom stereocenters. The molecular weight excluding hydrogens is 230 g/mol. The van der Waals surface area contributed by atoms with Crippen molar-refractivity contribution in [1.82, 2.24) is 10.2 Å². The van der Waals surface area contributed by atoms with Crippen molar-refractivity contribution < 1.29 is 9.47 Å². The highest BCUT2D eigenvalue weighted by atomic mass is 35.5. The Hall–Kier alpha value is -0.910. The Balaban J connectivity index is 2.38. The molecule has 6 heteroatoms. The van der Waals surface area contributed by atoms with Crippen LogP contribution in [-0.4, -0.2) is 36.2 Å². The number of nitrogens with one attached hydrogen (secondary N) is 1. The Kier molecular flexibility index (Phi) is 6.07. The molecule has 0 atom stereocenters. The number of rotatable bonds is 7. The number of hydrogen-bond acceptors (Lipinski definition) is 5. The molecule has 0 saturated heterocycles. The van der Waals surface area contributed by atoms with Crippen molar-refractivity contribution in [3.63, 3.8) is 0 Å². The number of halogens is 1. The molecule has 5 nitrogen and oxygen atoms in total. The molecule has 1 N–H and O–H groups in total. The molecule has 0 aliphatic heterocycles. The molecule has 0 spiro atoms. The van der Waals surface area contributed by atoms with Crippen molar-refractivity contribution in [3.8, 4) is 0 Å². The minimum atomic E-state index is -0.271. The lowest BCUT2D eigenvalue weighted by Crippen LogP contribution is -2.26. The molecule has 0 aliphatic rings. The average Bonchev–Trinajstić information content (AvgIpc) is 2.29. The van der Waals surface area contributed by atoms with E-state index in [1.165, 1.54) is 0 Å². The van der Waals surface area contributed by atoms with Crippen LogP contribution < -0.4 is 5.32 Å². The number of aromatic nitrogens is 2. The molecule has 1 heterocycles. The zero-order valence-electron chi connectivity index (χ0n) is 9.44. The van der Waals surface area contributed by atoms with Crippen LogP contribution in [0.1, 0.15) is 13.8 Å². The molecule has 0 fully saturated rings. The van der Waals surface area contributed by atoms with Crippen molar-refractivity contribution in [2.45, 2.75) is 20.1 Å². The molecule has 1 aromatic heterocycles. The lowest BCUT2D eigenvalue weighted by molar-refractivity contribution is -0.126. The molecule has 0 bridgehead atoms. The summed E-state index contributed by atoms with van der Waals surface area (Å²) in [6.45, 7) is 5.59. The molecule has 0 aromatic carbocycles. The summed E-state index contributed by atoms with van der Waals surface area (Å²) in [6.07, 6.45) is -0.271. The summed E-state index contributed by atoms with van der Waals surface area (Å²) in [5, 5.41) is 11.0. The lowest BCUT2D eigenvalue weighted by Gasteiger charge is -2.17. The van der Waals surface area contributed by atoms with Crippen LogP contribution in [0.15, 0.2) is 12.1 Å². The topological polar surface area (TPSA) is 56.3 Å². The number of ether oxygens (including phenoxy) is 2. The second-order valence-electron chi connectivity index (χ2n) is 2.96. The summed E-state index contributed by atoms with van der Waals surface area (Å²) in [5.41, 5.74) is 0. The minimum Gasteiger partial charge on any atom is -0.363 e. The highest BCUT2D eigenvalue weighted by molar-refractivity contribution is 6.29. The minimum absolute atomic E-state index is 0.271. The van der Waals surface area contributed by atoms with Gasteiger partial charge in [0.1, 0.15) is 5.82 Å². The number of hydrogen-bond donors (Lipinski definition) is 1. The molecule has 16 heavy (non-hydrogen) atoms. The van der Waals surface area contributed by atoms with Gasteiger partial charge in [-0.05, 0) is 26.0 Å². The Morgan fingerprint density at radius 3 is 2.44 bits per heavy atom. The van der Waals surface area contributed by atoms with Gasteiger partial charge in [0.2, 0.25) is 0 Å². The summed E-state index contributed by atoms with van der Waals surface area (Å²) >= 11 is 5.62. The van der Waals surface area contributed by atoms with Gasteiger partial charge in [0, 0.05) is 13.2 Å². The molecule has 0 aliphatic carbocycles. The number of nitrogens with zero attached hydrogens (tertiary/aromatic N) is 2. The first-order valence-electron chi connectivity index (χ1n) is 5.22. The van der Waals surface area contributed by atoms with Crippen molar-refractivity contribution in [2.24, 2.45) is 0 Å². The van der Waals surface area contributed by atoms with E-state index in [1.807, 2.05) is 13.8 Å². The molecule has 1 aromatic rings. The third-order valence-corrected chi connectivity index (χ3v) is 1.99. The van der Waals surface area contributed by atoms with Gasteiger partial charge in [-0.1, -0.05) is 11.6 Å². The van der Waals surface area contributed by atoms with Gasteiger partial charge in [0.05, 0.1) is 6.54 Å². The van der Waals surface area contributed by atoms with E-state index in [-0.39, 0.29) is 6.29 Å². The van der Waals surface area contributed by atoms with E-state index in [2.05, 4.69) is 15.5 Å². The fourth-order valence-corrected chi connectivity index (χ4v) is 1.24. The smallest absolute Gasteiger partial charge is 0.174 e. The van der Waals surface area contributed by atoms with E-state index in [4.69, 9.17) is 21.1 Å². The summed E-state index contributed by atoms with van der Waals surface area (Å²) in [6, 6.07) is 3.43. The van der Waals surface area contributed by atoms with E-state index in [0.717, 1.165) is 0 Å². The summed E-state index contributed by atoms with van der Waals surface area (Å²) in [5.74, 6) is 0.647. The SMILES string of the molecule is CCOC(CNc1ccc(Cl)nn1)OCC. The van der Waals surface area contributed by atoms with Crippen LogP contribution in [0.5, 0.6) is 0 Å². The second kappa shape index (κ2) is 7.38. The van der Waals surface area contributed by atoms with Gasteiger partial charge < -0.3 is 14.8 Å². The fraction of sp³-hybridized carbons (Fsp3) is 0.600. The van der Waals surface area contributed by atoms with Crippen molar-refractivity contribution in [1.29, 1.82) is 0 Å². The molecule has 0 radical (unpaired) electrons. The van der Waals surface area contributed by atoms with E-state index in [1.54, 1.807) is 12.1 Å². The summed E-state index contributed by atoms with van der Waals surface area (Å²) in [4.78, 5) is 0. The summed E-state index contributed by atoms with van der Waals surface area (Å²) in [7, 11) is 0. The van der Waals surface area contributed by atoms with Gasteiger partial charge in [-0.15, -0.1) is 10.2 Å². The third kappa shape index (κ3) is 4.74. The van der Waals surface area contributed by atoms with E-state index >= 15 is 0 Å². The van der Waals surface area contributed by atoms with E-state index in [0.29, 0.717) is 30.7 Å². The molecule has 0 amide bonds. The van der Waals surface area contributed by atoms with Gasteiger partial charge in [-0.3, -0.25) is 0 Å². The highest BCUT2D eigenvalue weighted by Crippen LogP contribution is 2.06. The lowest BCUT2D eigenvalue weighted by atomic mass is 10.5. The van der Waals surface area contributed by atoms with Gasteiger partial charge in [0.15, 0.2) is 11.4 Å². The first-order chi connectivity index (χ1) is 7.76. The molecule has 0 saturated carbocycles. The van der Waals surface area contributed by atoms with Crippen LogP contribution in [0.2, 0.25) is 5.15 Å². The standard InChI is InChI=1S/C10H16ClN3O2/c1-3-15-10(16-4-2)7-12-9-6-5-8(11)13-14-9/h5-6,10H,3-4,7H2,1-2H3,(H,12,14). The first-order valence-corrected chi connectivity index (χ1v) is 5.60. The maximum absolute atomic E-state index is 5.62. The predicted octanol–water partition coefficient (Wildman–Crippen LogP) is 1.94. The zero-order valence-corrected chi connectivity index (χ0v) is 10.2. The Labute approximate surface area is 100 Å². The normalized spacial score (nSPS) is 10.8. The van der Waals surface area contributed by atoms with Crippen molar-refractivity contribution in [3.05, 3.63) is 17.3 Å². The predicted molar refractivity (Wildman–Crippen MR) is 62.6 cm³/mol.